The first-order chi connectivity index (χ1) is 13.1. The van der Waals surface area contributed by atoms with Crippen LogP contribution in [-0.2, 0) is 16.0 Å². The van der Waals surface area contributed by atoms with E-state index in [2.05, 4.69) is 5.32 Å². The Balaban J connectivity index is 1.64. The number of hydrogen-bond donors (Lipinski definition) is 2. The van der Waals surface area contributed by atoms with Crippen LogP contribution in [0.15, 0.2) is 54.6 Å². The number of aliphatic carboxylic acids is 1. The summed E-state index contributed by atoms with van der Waals surface area (Å²) in [4.78, 5) is 23.6. The zero-order valence-corrected chi connectivity index (χ0v) is 15.3. The van der Waals surface area contributed by atoms with Crippen LogP contribution in [0, 0.1) is 0 Å². The second kappa shape index (κ2) is 9.21. The lowest BCUT2D eigenvalue weighted by Crippen LogP contribution is -2.31. The van der Waals surface area contributed by atoms with E-state index in [0.29, 0.717) is 0 Å². The van der Waals surface area contributed by atoms with Gasteiger partial charge in [0.25, 0.3) is 0 Å². The van der Waals surface area contributed by atoms with Crippen LogP contribution in [0.4, 0.5) is 0 Å². The van der Waals surface area contributed by atoms with Crippen molar-refractivity contribution in [1.82, 2.24) is 5.32 Å². The number of carbonyl (C=O) groups excluding carboxylic acids is 1. The highest BCUT2D eigenvalue weighted by atomic mass is 16.5. The van der Waals surface area contributed by atoms with Crippen LogP contribution in [0.5, 0.6) is 5.75 Å². The van der Waals surface area contributed by atoms with Crippen LogP contribution in [0.1, 0.15) is 49.3 Å². The normalized spacial score (nSPS) is 15.3. The third kappa shape index (κ3) is 5.84. The third-order valence-electron chi connectivity index (χ3n) is 4.81. The minimum Gasteiger partial charge on any atom is -0.490 e. The lowest BCUT2D eigenvalue weighted by molar-refractivity contribution is -0.137. The summed E-state index contributed by atoms with van der Waals surface area (Å²) in [5.41, 5.74) is 1.65. The number of rotatable bonds is 8. The number of hydrogen-bond acceptors (Lipinski definition) is 3. The van der Waals surface area contributed by atoms with Crippen molar-refractivity contribution in [2.24, 2.45) is 0 Å². The van der Waals surface area contributed by atoms with Gasteiger partial charge in [-0.05, 0) is 48.9 Å². The number of nitrogens with one attached hydrogen (secondary N) is 1. The number of ether oxygens (including phenoxy) is 1. The topological polar surface area (TPSA) is 75.6 Å². The molecular weight excluding hydrogens is 342 g/mol. The van der Waals surface area contributed by atoms with Crippen molar-refractivity contribution in [2.45, 2.75) is 50.7 Å². The molecule has 1 aliphatic carbocycles. The molecular formula is C22H25NO4. The highest BCUT2D eigenvalue weighted by Gasteiger charge is 2.20. The van der Waals surface area contributed by atoms with Gasteiger partial charge in [0.1, 0.15) is 5.75 Å². The zero-order valence-electron chi connectivity index (χ0n) is 15.3. The van der Waals surface area contributed by atoms with Crippen molar-refractivity contribution in [3.8, 4) is 5.75 Å². The number of carboxylic acid groups (broad SMARTS) is 1. The van der Waals surface area contributed by atoms with Crippen LogP contribution < -0.4 is 10.1 Å². The number of benzene rings is 2. The van der Waals surface area contributed by atoms with E-state index in [1.54, 1.807) is 0 Å². The minimum atomic E-state index is -0.953. The monoisotopic (exact) mass is 367 g/mol. The molecule has 2 N–H and O–H groups in total. The Kier molecular flexibility index (Phi) is 6.47. The van der Waals surface area contributed by atoms with Crippen LogP contribution in [0.25, 0.3) is 0 Å². The summed E-state index contributed by atoms with van der Waals surface area (Å²) in [6, 6.07) is 16.2. The minimum absolute atomic E-state index is 0.163. The van der Waals surface area contributed by atoms with Crippen molar-refractivity contribution in [2.75, 3.05) is 0 Å². The van der Waals surface area contributed by atoms with Gasteiger partial charge in [0, 0.05) is 0 Å². The van der Waals surface area contributed by atoms with Crippen LogP contribution >= 0.6 is 0 Å². The second-order valence-corrected chi connectivity index (χ2v) is 6.97. The van der Waals surface area contributed by atoms with Crippen LogP contribution in [0.3, 0.4) is 0 Å². The molecule has 5 heteroatoms. The lowest BCUT2D eigenvalue weighted by Gasteiger charge is -2.19. The molecule has 3 rings (SSSR count). The Bertz CT molecular complexity index is 752. The van der Waals surface area contributed by atoms with Gasteiger partial charge in [-0.25, -0.2) is 0 Å². The van der Waals surface area contributed by atoms with Crippen molar-refractivity contribution in [3.05, 3.63) is 65.7 Å². The summed E-state index contributed by atoms with van der Waals surface area (Å²) in [6.45, 7) is 0. The summed E-state index contributed by atoms with van der Waals surface area (Å²) in [5, 5.41) is 12.1. The maximum Gasteiger partial charge on any atom is 0.305 e. The highest BCUT2D eigenvalue weighted by molar-refractivity contribution is 5.80. The van der Waals surface area contributed by atoms with E-state index in [9.17, 15) is 14.7 Å². The van der Waals surface area contributed by atoms with Crippen molar-refractivity contribution < 1.29 is 19.4 Å². The molecule has 0 spiro atoms. The molecule has 2 aromatic rings. The SMILES string of the molecule is O=C(O)CC(NC(=O)Cc1ccccc1)c1ccc(OC2CCCC2)cc1. The Morgan fingerprint density at radius 3 is 2.33 bits per heavy atom. The Morgan fingerprint density at radius 2 is 1.70 bits per heavy atom. The van der Waals surface area contributed by atoms with E-state index in [-0.39, 0.29) is 24.9 Å². The largest absolute Gasteiger partial charge is 0.490 e. The average molecular weight is 367 g/mol. The fourth-order valence-corrected chi connectivity index (χ4v) is 3.43. The first kappa shape index (κ1) is 19.0. The first-order valence-corrected chi connectivity index (χ1v) is 9.42. The molecule has 5 nitrogen and oxygen atoms in total. The molecule has 142 valence electrons. The predicted octanol–water partition coefficient (Wildman–Crippen LogP) is 3.88. The molecule has 1 atom stereocenters. The molecule has 1 amide bonds. The molecule has 0 aliphatic heterocycles. The van der Waals surface area contributed by atoms with Gasteiger partial charge in [-0.3, -0.25) is 9.59 Å². The summed E-state index contributed by atoms with van der Waals surface area (Å²) >= 11 is 0. The fraction of sp³-hybridized carbons (Fsp3) is 0.364. The van der Waals surface area contributed by atoms with Gasteiger partial charge >= 0.3 is 5.97 Å². The Hall–Kier alpha value is -2.82. The second-order valence-electron chi connectivity index (χ2n) is 6.97. The number of carboxylic acids is 1. The van der Waals surface area contributed by atoms with Gasteiger partial charge in [0.05, 0.1) is 25.0 Å². The van der Waals surface area contributed by atoms with E-state index >= 15 is 0 Å². The van der Waals surface area contributed by atoms with Crippen LogP contribution in [-0.4, -0.2) is 23.1 Å². The van der Waals surface area contributed by atoms with Gasteiger partial charge in [-0.15, -0.1) is 0 Å². The average Bonchev–Trinajstić information content (AvgIpc) is 3.15. The van der Waals surface area contributed by atoms with Gasteiger partial charge in [-0.2, -0.15) is 0 Å². The van der Waals surface area contributed by atoms with Crippen molar-refractivity contribution >= 4 is 11.9 Å². The van der Waals surface area contributed by atoms with Crippen LogP contribution in [0.2, 0.25) is 0 Å². The molecule has 1 unspecified atom stereocenters. The van der Waals surface area contributed by atoms with E-state index in [1.165, 1.54) is 12.8 Å². The lowest BCUT2D eigenvalue weighted by atomic mass is 10.0. The summed E-state index contributed by atoms with van der Waals surface area (Å²) in [7, 11) is 0. The summed E-state index contributed by atoms with van der Waals surface area (Å²) in [6.07, 6.45) is 4.91. The van der Waals surface area contributed by atoms with Crippen molar-refractivity contribution in [3.63, 3.8) is 0 Å². The van der Waals surface area contributed by atoms with Gasteiger partial charge in [0.15, 0.2) is 0 Å². The summed E-state index contributed by atoms with van der Waals surface area (Å²) in [5.74, 6) is -0.361. The molecule has 0 saturated heterocycles. The summed E-state index contributed by atoms with van der Waals surface area (Å²) < 4.78 is 5.95. The van der Waals surface area contributed by atoms with E-state index in [0.717, 1.165) is 29.7 Å². The molecule has 0 bridgehead atoms. The highest BCUT2D eigenvalue weighted by Crippen LogP contribution is 2.26. The maximum atomic E-state index is 12.3. The first-order valence-electron chi connectivity index (χ1n) is 9.42. The molecule has 0 heterocycles. The van der Waals surface area contributed by atoms with Gasteiger partial charge in [-0.1, -0.05) is 42.5 Å². The number of carbonyl (C=O) groups is 2. The smallest absolute Gasteiger partial charge is 0.305 e. The van der Waals surface area contributed by atoms with Crippen molar-refractivity contribution in [1.29, 1.82) is 0 Å². The van der Waals surface area contributed by atoms with Gasteiger partial charge < -0.3 is 15.2 Å². The zero-order chi connectivity index (χ0) is 19.1. The molecule has 0 aromatic heterocycles. The Morgan fingerprint density at radius 1 is 1.04 bits per heavy atom. The molecule has 2 aromatic carbocycles. The Labute approximate surface area is 159 Å². The predicted molar refractivity (Wildman–Crippen MR) is 103 cm³/mol. The van der Waals surface area contributed by atoms with E-state index in [4.69, 9.17) is 4.74 Å². The maximum absolute atomic E-state index is 12.3. The van der Waals surface area contributed by atoms with E-state index < -0.39 is 12.0 Å². The van der Waals surface area contributed by atoms with E-state index in [1.807, 2.05) is 54.6 Å². The molecule has 1 saturated carbocycles. The molecule has 1 fully saturated rings. The quantitative estimate of drug-likeness (QED) is 0.742. The fourth-order valence-electron chi connectivity index (χ4n) is 3.43. The molecule has 1 aliphatic rings. The number of amides is 1. The standard InChI is InChI=1S/C22H25NO4/c24-21(14-16-6-2-1-3-7-16)23-20(15-22(25)26)17-10-12-19(13-11-17)27-18-8-4-5-9-18/h1-3,6-7,10-13,18,20H,4-5,8-9,14-15H2,(H,23,24)(H,25,26). The molecule has 27 heavy (non-hydrogen) atoms. The molecule has 0 radical (unpaired) electrons. The third-order valence-corrected chi connectivity index (χ3v) is 4.81. The van der Waals surface area contributed by atoms with Gasteiger partial charge in [0.2, 0.25) is 5.91 Å².